The van der Waals surface area contributed by atoms with Gasteiger partial charge in [-0.2, -0.15) is 0 Å². The van der Waals surface area contributed by atoms with Gasteiger partial charge < -0.3 is 24.1 Å². The second-order valence-electron chi connectivity index (χ2n) is 7.21. The zero-order valence-electron chi connectivity index (χ0n) is 16.1. The lowest BCUT2D eigenvalue weighted by Crippen LogP contribution is -2.29. The standard InChI is InChI=1S/C19H34O7/c1-15(2)7-5-3-4-6-12-23-13-14-24-19(22)26-17-10-8-16(9-11-17)25-18(20)21/h15-17H,3-14H2,1-2H3,(H,20,21). The van der Waals surface area contributed by atoms with Gasteiger partial charge in [-0.1, -0.05) is 39.5 Å². The average Bonchev–Trinajstić information content (AvgIpc) is 2.57. The number of unbranched alkanes of at least 4 members (excludes halogenated alkanes) is 3. The Balaban J connectivity index is 1.91. The highest BCUT2D eigenvalue weighted by molar-refractivity contribution is 5.60. The van der Waals surface area contributed by atoms with E-state index in [0.717, 1.165) is 12.3 Å². The summed E-state index contributed by atoms with van der Waals surface area (Å²) in [6, 6.07) is 0. The van der Waals surface area contributed by atoms with Crippen LogP contribution in [0.2, 0.25) is 0 Å². The first-order chi connectivity index (χ1) is 12.5. The van der Waals surface area contributed by atoms with E-state index in [-0.39, 0.29) is 18.8 Å². The Hall–Kier alpha value is -1.50. The fourth-order valence-electron chi connectivity index (χ4n) is 2.98. The summed E-state index contributed by atoms with van der Waals surface area (Å²) in [4.78, 5) is 22.1. The van der Waals surface area contributed by atoms with Gasteiger partial charge in [-0.25, -0.2) is 9.59 Å². The van der Waals surface area contributed by atoms with Gasteiger partial charge in [0.1, 0.15) is 18.8 Å². The maximum atomic E-state index is 11.6. The van der Waals surface area contributed by atoms with Crippen molar-refractivity contribution in [3.8, 4) is 0 Å². The summed E-state index contributed by atoms with van der Waals surface area (Å²) in [5, 5.41) is 8.57. The Morgan fingerprint density at radius 1 is 0.885 bits per heavy atom. The number of hydrogen-bond acceptors (Lipinski definition) is 6. The van der Waals surface area contributed by atoms with Crippen LogP contribution in [-0.2, 0) is 18.9 Å². The normalized spacial score (nSPS) is 20.0. The molecular formula is C19H34O7. The molecule has 1 aliphatic carbocycles. The summed E-state index contributed by atoms with van der Waals surface area (Å²) < 4.78 is 20.4. The topological polar surface area (TPSA) is 91.3 Å². The average molecular weight is 374 g/mol. The third-order valence-corrected chi connectivity index (χ3v) is 4.42. The highest BCUT2D eigenvalue weighted by Crippen LogP contribution is 2.23. The molecule has 7 nitrogen and oxygen atoms in total. The zero-order valence-corrected chi connectivity index (χ0v) is 16.1. The third kappa shape index (κ3) is 12.0. The first-order valence-electron chi connectivity index (χ1n) is 9.78. The Labute approximate surface area is 156 Å². The van der Waals surface area contributed by atoms with E-state index in [1.54, 1.807) is 0 Å². The second kappa shape index (κ2) is 13.7. The summed E-state index contributed by atoms with van der Waals surface area (Å²) in [6.45, 7) is 5.73. The lowest BCUT2D eigenvalue weighted by atomic mass is 9.95. The number of carbonyl (C=O) groups is 2. The van der Waals surface area contributed by atoms with Crippen LogP contribution >= 0.6 is 0 Å². The minimum Gasteiger partial charge on any atom is -0.450 e. The first kappa shape index (κ1) is 22.5. The molecule has 26 heavy (non-hydrogen) atoms. The van der Waals surface area contributed by atoms with Crippen molar-refractivity contribution < 1.29 is 33.6 Å². The van der Waals surface area contributed by atoms with Crippen molar-refractivity contribution in [2.24, 2.45) is 5.92 Å². The molecule has 0 heterocycles. The Bertz CT molecular complexity index is 389. The zero-order chi connectivity index (χ0) is 19.2. The Kier molecular flexibility index (Phi) is 11.9. The number of ether oxygens (including phenoxy) is 4. The summed E-state index contributed by atoms with van der Waals surface area (Å²) in [5.41, 5.74) is 0. The summed E-state index contributed by atoms with van der Waals surface area (Å²) in [5.74, 6) is 0.774. The van der Waals surface area contributed by atoms with Gasteiger partial charge in [-0.05, 0) is 38.0 Å². The van der Waals surface area contributed by atoms with Gasteiger partial charge in [0, 0.05) is 6.61 Å². The molecule has 1 aliphatic rings. The van der Waals surface area contributed by atoms with E-state index in [1.807, 2.05) is 0 Å². The summed E-state index contributed by atoms with van der Waals surface area (Å²) in [7, 11) is 0. The van der Waals surface area contributed by atoms with Crippen LogP contribution in [0.4, 0.5) is 9.59 Å². The van der Waals surface area contributed by atoms with Crippen LogP contribution in [0.3, 0.4) is 0 Å². The molecule has 0 aromatic carbocycles. The molecule has 0 aliphatic heterocycles. The van der Waals surface area contributed by atoms with E-state index in [4.69, 9.17) is 24.1 Å². The fraction of sp³-hybridized carbons (Fsp3) is 0.895. The molecule has 1 saturated carbocycles. The molecule has 1 N–H and O–H groups in total. The van der Waals surface area contributed by atoms with E-state index in [0.29, 0.717) is 38.9 Å². The third-order valence-electron chi connectivity index (χ3n) is 4.42. The van der Waals surface area contributed by atoms with E-state index in [2.05, 4.69) is 13.8 Å². The molecule has 152 valence electrons. The van der Waals surface area contributed by atoms with Gasteiger partial charge in [0.05, 0.1) is 6.61 Å². The minimum absolute atomic E-state index is 0.184. The largest absolute Gasteiger partial charge is 0.508 e. The predicted molar refractivity (Wildman–Crippen MR) is 96.3 cm³/mol. The Morgan fingerprint density at radius 3 is 2.12 bits per heavy atom. The second-order valence-corrected chi connectivity index (χ2v) is 7.21. The lowest BCUT2D eigenvalue weighted by molar-refractivity contribution is -0.0257. The van der Waals surface area contributed by atoms with Crippen LogP contribution in [0.15, 0.2) is 0 Å². The van der Waals surface area contributed by atoms with Gasteiger partial charge in [-0.3, -0.25) is 0 Å². The fourth-order valence-corrected chi connectivity index (χ4v) is 2.98. The molecule has 0 atom stereocenters. The monoisotopic (exact) mass is 374 g/mol. The smallest absolute Gasteiger partial charge is 0.450 e. The van der Waals surface area contributed by atoms with Gasteiger partial charge in [0.2, 0.25) is 0 Å². The highest BCUT2D eigenvalue weighted by atomic mass is 16.7. The molecule has 1 fully saturated rings. The quantitative estimate of drug-likeness (QED) is 0.388. The van der Waals surface area contributed by atoms with Crippen molar-refractivity contribution >= 4 is 12.3 Å². The SMILES string of the molecule is CC(C)CCCCCCOCCOC(=O)OC1CCC(OC(=O)O)CC1. The number of carboxylic acid groups (broad SMARTS) is 1. The molecule has 0 aromatic heterocycles. The van der Waals surface area contributed by atoms with Gasteiger partial charge in [0.15, 0.2) is 0 Å². The van der Waals surface area contributed by atoms with Crippen LogP contribution in [0.5, 0.6) is 0 Å². The van der Waals surface area contributed by atoms with E-state index < -0.39 is 12.3 Å². The predicted octanol–water partition coefficient (Wildman–Crippen LogP) is 4.77. The van der Waals surface area contributed by atoms with Crippen molar-refractivity contribution in [2.45, 2.75) is 83.8 Å². The van der Waals surface area contributed by atoms with Gasteiger partial charge >= 0.3 is 12.3 Å². The van der Waals surface area contributed by atoms with Crippen molar-refractivity contribution in [3.63, 3.8) is 0 Å². The van der Waals surface area contributed by atoms with Crippen LogP contribution < -0.4 is 0 Å². The van der Waals surface area contributed by atoms with E-state index in [1.165, 1.54) is 25.7 Å². The number of rotatable bonds is 12. The minimum atomic E-state index is -1.26. The van der Waals surface area contributed by atoms with Crippen LogP contribution in [0.25, 0.3) is 0 Å². The molecule has 0 unspecified atom stereocenters. The molecular weight excluding hydrogens is 340 g/mol. The molecule has 0 spiro atoms. The molecule has 7 heteroatoms. The maximum absolute atomic E-state index is 11.6. The van der Waals surface area contributed by atoms with Crippen molar-refractivity contribution in [3.05, 3.63) is 0 Å². The summed E-state index contributed by atoms with van der Waals surface area (Å²) >= 11 is 0. The molecule has 0 saturated heterocycles. The molecule has 1 rings (SSSR count). The number of carbonyl (C=O) groups excluding carboxylic acids is 1. The summed E-state index contributed by atoms with van der Waals surface area (Å²) in [6.07, 6.45) is 5.80. The van der Waals surface area contributed by atoms with E-state index >= 15 is 0 Å². The first-order valence-corrected chi connectivity index (χ1v) is 9.78. The van der Waals surface area contributed by atoms with Crippen LogP contribution in [0, 0.1) is 5.92 Å². The van der Waals surface area contributed by atoms with Crippen LogP contribution in [-0.4, -0.2) is 49.4 Å². The Morgan fingerprint density at radius 2 is 1.50 bits per heavy atom. The van der Waals surface area contributed by atoms with Gasteiger partial charge in [0.25, 0.3) is 0 Å². The van der Waals surface area contributed by atoms with Gasteiger partial charge in [-0.15, -0.1) is 0 Å². The molecule has 0 amide bonds. The number of hydrogen-bond donors (Lipinski definition) is 1. The molecule has 0 aromatic rings. The van der Waals surface area contributed by atoms with Crippen molar-refractivity contribution in [2.75, 3.05) is 19.8 Å². The lowest BCUT2D eigenvalue weighted by Gasteiger charge is -2.26. The molecule has 0 bridgehead atoms. The van der Waals surface area contributed by atoms with Crippen molar-refractivity contribution in [1.29, 1.82) is 0 Å². The van der Waals surface area contributed by atoms with Crippen molar-refractivity contribution in [1.82, 2.24) is 0 Å². The molecule has 0 radical (unpaired) electrons. The highest BCUT2D eigenvalue weighted by Gasteiger charge is 2.26. The van der Waals surface area contributed by atoms with Crippen LogP contribution in [0.1, 0.15) is 71.6 Å². The maximum Gasteiger partial charge on any atom is 0.508 e. The van der Waals surface area contributed by atoms with E-state index in [9.17, 15) is 9.59 Å².